The second-order valence-electron chi connectivity index (χ2n) is 3.68. The monoisotopic (exact) mass is 280 g/mol. The lowest BCUT2D eigenvalue weighted by atomic mass is 10.1. The van der Waals surface area contributed by atoms with E-state index in [9.17, 15) is 9.18 Å². The van der Waals surface area contributed by atoms with E-state index in [1.807, 2.05) is 6.92 Å². The van der Waals surface area contributed by atoms with Gasteiger partial charge < -0.3 is 11.1 Å². The first-order chi connectivity index (χ1) is 7.54. The zero-order valence-corrected chi connectivity index (χ0v) is 10.9. The number of hydrogen-bond acceptors (Lipinski definition) is 2. The molecular formula is C11H15Cl2FN2O. The fourth-order valence-corrected chi connectivity index (χ4v) is 1.37. The third-order valence-electron chi connectivity index (χ3n) is 2.19. The fourth-order valence-electron chi connectivity index (χ4n) is 1.12. The zero-order valence-electron chi connectivity index (χ0n) is 9.37. The van der Waals surface area contributed by atoms with Gasteiger partial charge in [0.1, 0.15) is 5.82 Å². The smallest absolute Gasteiger partial charge is 0.252 e. The molecule has 0 aromatic heterocycles. The topological polar surface area (TPSA) is 55.1 Å². The van der Waals surface area contributed by atoms with Crippen LogP contribution in [0.5, 0.6) is 0 Å². The highest BCUT2D eigenvalue weighted by Gasteiger charge is 2.11. The van der Waals surface area contributed by atoms with Crippen LogP contribution in [-0.2, 0) is 0 Å². The average molecular weight is 281 g/mol. The number of benzene rings is 1. The molecule has 0 aliphatic rings. The number of rotatable bonds is 4. The molecule has 0 fully saturated rings. The van der Waals surface area contributed by atoms with Crippen molar-refractivity contribution >= 4 is 29.9 Å². The van der Waals surface area contributed by atoms with E-state index >= 15 is 0 Å². The summed E-state index contributed by atoms with van der Waals surface area (Å²) in [5.74, 6) is -0.578. The van der Waals surface area contributed by atoms with Gasteiger partial charge in [-0.2, -0.15) is 0 Å². The summed E-state index contributed by atoms with van der Waals surface area (Å²) in [6.45, 7) is 2.90. The molecule has 6 heteroatoms. The summed E-state index contributed by atoms with van der Waals surface area (Å²) in [6, 6.07) is 3.68. The Morgan fingerprint density at radius 3 is 2.76 bits per heavy atom. The van der Waals surface area contributed by atoms with Crippen molar-refractivity contribution in [3.8, 4) is 0 Å². The van der Waals surface area contributed by atoms with Gasteiger partial charge >= 0.3 is 0 Å². The number of nitrogens with two attached hydrogens (primary N) is 1. The Kier molecular flexibility index (Phi) is 7.11. The van der Waals surface area contributed by atoms with Gasteiger partial charge in [0.2, 0.25) is 0 Å². The van der Waals surface area contributed by atoms with Crippen molar-refractivity contribution in [2.75, 3.05) is 13.1 Å². The maximum atomic E-state index is 12.7. The molecule has 1 amide bonds. The van der Waals surface area contributed by atoms with Crippen LogP contribution in [0.4, 0.5) is 4.39 Å². The molecule has 1 aromatic carbocycles. The highest BCUT2D eigenvalue weighted by molar-refractivity contribution is 6.33. The van der Waals surface area contributed by atoms with Crippen molar-refractivity contribution in [3.05, 3.63) is 34.6 Å². The van der Waals surface area contributed by atoms with Gasteiger partial charge in [0.25, 0.3) is 5.91 Å². The zero-order chi connectivity index (χ0) is 12.1. The molecule has 0 aliphatic heterocycles. The molecule has 3 nitrogen and oxygen atoms in total. The normalized spacial score (nSPS) is 11.5. The van der Waals surface area contributed by atoms with Crippen molar-refractivity contribution < 1.29 is 9.18 Å². The fraction of sp³-hybridized carbons (Fsp3) is 0.364. The Bertz CT molecular complexity index is 388. The van der Waals surface area contributed by atoms with E-state index in [1.165, 1.54) is 12.1 Å². The van der Waals surface area contributed by atoms with Crippen LogP contribution in [0.2, 0.25) is 5.02 Å². The molecule has 0 spiro atoms. The van der Waals surface area contributed by atoms with E-state index in [0.29, 0.717) is 13.1 Å². The molecule has 0 heterocycles. The number of hydrogen-bond donors (Lipinski definition) is 2. The molecule has 17 heavy (non-hydrogen) atoms. The van der Waals surface area contributed by atoms with Crippen molar-refractivity contribution in [2.45, 2.75) is 6.92 Å². The highest BCUT2D eigenvalue weighted by Crippen LogP contribution is 2.16. The highest BCUT2D eigenvalue weighted by atomic mass is 35.5. The number of amides is 1. The van der Waals surface area contributed by atoms with Gasteiger partial charge in [-0.1, -0.05) is 18.5 Å². The maximum Gasteiger partial charge on any atom is 0.252 e. The van der Waals surface area contributed by atoms with Gasteiger partial charge in [0, 0.05) is 6.54 Å². The Hall–Kier alpha value is -0.840. The number of carbonyl (C=O) groups excluding carboxylic acids is 1. The third-order valence-corrected chi connectivity index (χ3v) is 2.50. The van der Waals surface area contributed by atoms with Gasteiger partial charge in [0.05, 0.1) is 10.6 Å². The Morgan fingerprint density at radius 1 is 1.59 bits per heavy atom. The first-order valence-electron chi connectivity index (χ1n) is 4.98. The summed E-state index contributed by atoms with van der Waals surface area (Å²) >= 11 is 5.75. The minimum atomic E-state index is -0.461. The van der Waals surface area contributed by atoms with E-state index < -0.39 is 5.82 Å². The molecule has 1 rings (SSSR count). The Balaban J connectivity index is 0.00000256. The van der Waals surface area contributed by atoms with Crippen molar-refractivity contribution in [1.29, 1.82) is 0 Å². The van der Waals surface area contributed by atoms with E-state index in [0.717, 1.165) is 6.07 Å². The minimum absolute atomic E-state index is 0. The van der Waals surface area contributed by atoms with Crippen LogP contribution < -0.4 is 11.1 Å². The van der Waals surface area contributed by atoms with Gasteiger partial charge in [-0.15, -0.1) is 12.4 Å². The van der Waals surface area contributed by atoms with Crippen molar-refractivity contribution in [3.63, 3.8) is 0 Å². The molecule has 0 saturated heterocycles. The predicted molar refractivity (Wildman–Crippen MR) is 69.2 cm³/mol. The van der Waals surface area contributed by atoms with Gasteiger partial charge in [0.15, 0.2) is 0 Å². The summed E-state index contributed by atoms with van der Waals surface area (Å²) in [7, 11) is 0. The number of halogens is 3. The summed E-state index contributed by atoms with van der Waals surface area (Å²) < 4.78 is 12.7. The molecule has 1 unspecified atom stereocenters. The first-order valence-corrected chi connectivity index (χ1v) is 5.35. The maximum absolute atomic E-state index is 12.7. The van der Waals surface area contributed by atoms with Gasteiger partial charge in [-0.25, -0.2) is 4.39 Å². The lowest BCUT2D eigenvalue weighted by Gasteiger charge is -2.10. The molecule has 0 aliphatic carbocycles. The molecule has 96 valence electrons. The molecule has 0 bridgehead atoms. The predicted octanol–water partition coefficient (Wildman–Crippen LogP) is 2.23. The minimum Gasteiger partial charge on any atom is -0.352 e. The summed E-state index contributed by atoms with van der Waals surface area (Å²) in [5, 5.41) is 2.79. The summed E-state index contributed by atoms with van der Waals surface area (Å²) in [4.78, 5) is 11.6. The van der Waals surface area contributed by atoms with Crippen LogP contribution in [0.1, 0.15) is 17.3 Å². The quantitative estimate of drug-likeness (QED) is 0.889. The van der Waals surface area contributed by atoms with Gasteiger partial charge in [-0.05, 0) is 30.7 Å². The van der Waals surface area contributed by atoms with E-state index in [1.54, 1.807) is 0 Å². The molecule has 1 aromatic rings. The summed E-state index contributed by atoms with van der Waals surface area (Å²) in [5.41, 5.74) is 5.69. The molecule has 3 N–H and O–H groups in total. The van der Waals surface area contributed by atoms with E-state index in [4.69, 9.17) is 17.3 Å². The van der Waals surface area contributed by atoms with Crippen LogP contribution in [0.15, 0.2) is 18.2 Å². The van der Waals surface area contributed by atoms with Crippen molar-refractivity contribution in [1.82, 2.24) is 5.32 Å². The van der Waals surface area contributed by atoms with E-state index in [-0.39, 0.29) is 34.8 Å². The first kappa shape index (κ1) is 16.2. The second kappa shape index (κ2) is 7.48. The largest absolute Gasteiger partial charge is 0.352 e. The molecule has 0 saturated carbocycles. The lowest BCUT2D eigenvalue weighted by Crippen LogP contribution is -2.31. The Morgan fingerprint density at radius 2 is 2.24 bits per heavy atom. The number of nitrogens with one attached hydrogen (secondary N) is 1. The molecular weight excluding hydrogens is 266 g/mol. The van der Waals surface area contributed by atoms with Crippen molar-refractivity contribution in [2.24, 2.45) is 11.7 Å². The standard InChI is InChI=1S/C11H14ClFN2O.ClH/c1-7(5-14)6-15-11(16)9-3-2-8(13)4-10(9)12;/h2-4,7H,5-6,14H2,1H3,(H,15,16);1H. The van der Waals surface area contributed by atoms with Crippen LogP contribution in [-0.4, -0.2) is 19.0 Å². The third kappa shape index (κ3) is 4.89. The van der Waals surface area contributed by atoms with Gasteiger partial charge in [-0.3, -0.25) is 4.79 Å². The average Bonchev–Trinajstić information content (AvgIpc) is 2.25. The van der Waals surface area contributed by atoms with Crippen LogP contribution in [0.3, 0.4) is 0 Å². The molecule has 0 radical (unpaired) electrons. The SMILES string of the molecule is CC(CN)CNC(=O)c1ccc(F)cc1Cl.Cl. The van der Waals surface area contributed by atoms with Crippen LogP contribution in [0.25, 0.3) is 0 Å². The van der Waals surface area contributed by atoms with E-state index in [2.05, 4.69) is 5.32 Å². The van der Waals surface area contributed by atoms with Crippen LogP contribution >= 0.6 is 24.0 Å². The van der Waals surface area contributed by atoms with Crippen LogP contribution in [0, 0.1) is 11.7 Å². The second-order valence-corrected chi connectivity index (χ2v) is 4.08. The lowest BCUT2D eigenvalue weighted by molar-refractivity contribution is 0.0948. The summed E-state index contributed by atoms with van der Waals surface area (Å²) in [6.07, 6.45) is 0. The molecule has 1 atom stereocenters. The number of carbonyl (C=O) groups is 1. The Labute approximate surface area is 111 Å².